The Morgan fingerprint density at radius 1 is 0.174 bits per heavy atom. The van der Waals surface area contributed by atoms with Crippen molar-refractivity contribution < 1.29 is 0 Å². The van der Waals surface area contributed by atoms with Crippen LogP contribution >= 0.6 is 31.9 Å². The number of hydrogen-bond donors (Lipinski definition) is 0. The molecule has 18 rings (SSSR count). The normalized spacial score (nSPS) is 13.1. The van der Waals surface area contributed by atoms with E-state index in [9.17, 15) is 0 Å². The molecule has 2 aliphatic rings. The van der Waals surface area contributed by atoms with Crippen molar-refractivity contribution >= 4 is 74.9 Å². The summed E-state index contributed by atoms with van der Waals surface area (Å²) in [5.74, 6) is 0. The third-order valence-electron chi connectivity index (χ3n) is 19.6. The van der Waals surface area contributed by atoms with Crippen molar-refractivity contribution in [1.82, 2.24) is 0 Å². The molecule has 0 spiro atoms. The van der Waals surface area contributed by atoms with Crippen molar-refractivity contribution in [2.24, 2.45) is 0 Å². The second kappa shape index (κ2) is 22.8. The van der Waals surface area contributed by atoms with Gasteiger partial charge >= 0.3 is 0 Å². The highest BCUT2D eigenvalue weighted by Gasteiger charge is 2.48. The first-order valence-electron chi connectivity index (χ1n) is 31.6. The van der Waals surface area contributed by atoms with Gasteiger partial charge in [-0.15, -0.1) is 0 Å². The van der Waals surface area contributed by atoms with Crippen molar-refractivity contribution in [1.29, 1.82) is 0 Å². The molecule has 0 fully saturated rings. The Morgan fingerprint density at radius 3 is 0.880 bits per heavy atom. The van der Waals surface area contributed by atoms with Crippen LogP contribution in [0, 0.1) is 0 Å². The first-order chi connectivity index (χ1) is 45.5. The number of halogens is 2. The van der Waals surface area contributed by atoms with Gasteiger partial charge in [-0.2, -0.15) is 0 Å². The summed E-state index contributed by atoms with van der Waals surface area (Å²) in [6.45, 7) is 0. The van der Waals surface area contributed by atoms with E-state index in [4.69, 9.17) is 0 Å². The van der Waals surface area contributed by atoms with Crippen molar-refractivity contribution in [3.05, 3.63) is 405 Å². The number of hydrogen-bond acceptors (Lipinski definition) is 0. The van der Waals surface area contributed by atoms with E-state index in [1.807, 2.05) is 0 Å². The maximum Gasteiger partial charge on any atom is 0.0714 e. The summed E-state index contributed by atoms with van der Waals surface area (Å²) in [6, 6.07) is 130. The molecule has 0 saturated heterocycles. The quantitative estimate of drug-likeness (QED) is 0.133. The Kier molecular flexibility index (Phi) is 13.8. The maximum atomic E-state index is 3.83. The van der Waals surface area contributed by atoms with Crippen LogP contribution in [0.1, 0.15) is 44.5 Å². The van der Waals surface area contributed by atoms with Crippen molar-refractivity contribution in [2.75, 3.05) is 0 Å². The second-order valence-corrected chi connectivity index (χ2v) is 26.1. The minimum Gasteiger partial charge on any atom is -0.0622 e. The minimum atomic E-state index is -0.488. The Hall–Kier alpha value is -10.5. The summed E-state index contributed by atoms with van der Waals surface area (Å²) in [7, 11) is 0. The fourth-order valence-corrected chi connectivity index (χ4v) is 16.6. The molecule has 0 unspecified atom stereocenters. The van der Waals surface area contributed by atoms with Crippen LogP contribution in [0.2, 0.25) is 0 Å². The Morgan fingerprint density at radius 2 is 0.467 bits per heavy atom. The fraction of sp³-hybridized carbons (Fsp3) is 0.0222. The van der Waals surface area contributed by atoms with E-state index in [-0.39, 0.29) is 0 Å². The molecule has 2 aliphatic carbocycles. The molecule has 0 heterocycles. The molecule has 16 aromatic carbocycles. The standard InChI is InChI=1S/2C45H29Br/c46-34-19-13-18-32(28-34)45(41-24-11-9-20-35(41)36-21-10-12-25-42(36)45)33-26-27-39-40(29-33)44(31-16-5-2-6-17-31)38-23-8-7-22-37(38)43(39)30-14-3-1-4-15-30;46-34-27-25-32(26-28-34)45(41-23-10-8-17-35(41)36-18-9-11-24-42(36)45)33-16-12-15-31(29-33)44-39-21-6-4-19-37(39)43(30-13-2-1-3-14-30)38-20-5-7-22-40(38)44/h2*1-29H. The summed E-state index contributed by atoms with van der Waals surface area (Å²) < 4.78 is 2.16. The summed E-state index contributed by atoms with van der Waals surface area (Å²) in [5, 5.41) is 10.1. The smallest absolute Gasteiger partial charge is 0.0622 e. The lowest BCUT2D eigenvalue weighted by Gasteiger charge is -2.34. The number of rotatable bonds is 8. The van der Waals surface area contributed by atoms with E-state index >= 15 is 0 Å². The molecular formula is C90H58Br2. The monoisotopic (exact) mass is 1300 g/mol. The van der Waals surface area contributed by atoms with E-state index in [1.165, 1.54) is 154 Å². The largest absolute Gasteiger partial charge is 0.0714 e. The summed E-state index contributed by atoms with van der Waals surface area (Å²) in [4.78, 5) is 0. The van der Waals surface area contributed by atoms with Gasteiger partial charge in [0.1, 0.15) is 0 Å². The van der Waals surface area contributed by atoms with E-state index in [1.54, 1.807) is 0 Å². The number of benzene rings is 16. The van der Waals surface area contributed by atoms with Gasteiger partial charge in [-0.05, 0) is 191 Å². The van der Waals surface area contributed by atoms with Gasteiger partial charge in [-0.3, -0.25) is 0 Å². The lowest BCUT2D eigenvalue weighted by molar-refractivity contribution is 0.768. The van der Waals surface area contributed by atoms with Crippen molar-refractivity contribution in [3.63, 3.8) is 0 Å². The first kappa shape index (κ1) is 55.6. The molecule has 0 nitrogen and oxygen atoms in total. The van der Waals surface area contributed by atoms with Crippen LogP contribution in [0.4, 0.5) is 0 Å². The molecule has 0 saturated carbocycles. The van der Waals surface area contributed by atoms with E-state index < -0.39 is 10.8 Å². The van der Waals surface area contributed by atoms with Crippen LogP contribution in [0.5, 0.6) is 0 Å². The third kappa shape index (κ3) is 8.69. The van der Waals surface area contributed by atoms with Gasteiger partial charge in [0.15, 0.2) is 0 Å². The average molecular weight is 1300 g/mol. The Bertz CT molecular complexity index is 5380. The molecule has 16 aromatic rings. The van der Waals surface area contributed by atoms with Gasteiger partial charge in [0.05, 0.1) is 10.8 Å². The van der Waals surface area contributed by atoms with E-state index in [0.717, 1.165) is 8.95 Å². The van der Waals surface area contributed by atoms with Gasteiger partial charge in [0, 0.05) is 8.95 Å². The highest BCUT2D eigenvalue weighted by atomic mass is 79.9. The van der Waals surface area contributed by atoms with Gasteiger partial charge in [-0.1, -0.05) is 347 Å². The van der Waals surface area contributed by atoms with E-state index in [2.05, 4.69) is 384 Å². The minimum absolute atomic E-state index is 0.459. The van der Waals surface area contributed by atoms with E-state index in [0.29, 0.717) is 0 Å². The second-order valence-electron chi connectivity index (χ2n) is 24.3. The molecule has 0 atom stereocenters. The molecule has 0 aliphatic heterocycles. The zero-order chi connectivity index (χ0) is 61.3. The average Bonchev–Trinajstić information content (AvgIpc) is 1.51. The molecule has 0 amide bonds. The lowest BCUT2D eigenvalue weighted by atomic mass is 9.67. The predicted molar refractivity (Wildman–Crippen MR) is 395 cm³/mol. The molecule has 0 bridgehead atoms. The zero-order valence-electron chi connectivity index (χ0n) is 50.2. The maximum absolute atomic E-state index is 3.83. The highest BCUT2D eigenvalue weighted by molar-refractivity contribution is 9.10. The molecule has 0 radical (unpaired) electrons. The highest BCUT2D eigenvalue weighted by Crippen LogP contribution is 2.59. The van der Waals surface area contributed by atoms with Crippen LogP contribution in [0.15, 0.2) is 361 Å². The van der Waals surface area contributed by atoms with Crippen LogP contribution in [-0.4, -0.2) is 0 Å². The van der Waals surface area contributed by atoms with Gasteiger partial charge in [-0.25, -0.2) is 0 Å². The summed E-state index contributed by atoms with van der Waals surface area (Å²) in [5.41, 5.74) is 24.6. The Labute approximate surface area is 553 Å². The Balaban J connectivity index is 0.000000141. The first-order valence-corrected chi connectivity index (χ1v) is 33.2. The van der Waals surface area contributed by atoms with Gasteiger partial charge < -0.3 is 0 Å². The number of fused-ring (bicyclic) bond motifs is 10. The summed E-state index contributed by atoms with van der Waals surface area (Å²) >= 11 is 7.53. The van der Waals surface area contributed by atoms with Crippen molar-refractivity contribution in [3.8, 4) is 66.8 Å². The molecule has 0 aromatic heterocycles. The fourth-order valence-electron chi connectivity index (χ4n) is 16.0. The molecule has 92 heavy (non-hydrogen) atoms. The molecule has 2 heteroatoms. The zero-order valence-corrected chi connectivity index (χ0v) is 53.4. The van der Waals surface area contributed by atoms with Crippen LogP contribution < -0.4 is 0 Å². The predicted octanol–water partition coefficient (Wildman–Crippen LogP) is 24.9. The topological polar surface area (TPSA) is 0 Å². The SMILES string of the molecule is Brc1ccc(C2(c3cccc(-c4c5ccccc5c(-c5ccccc5)c5ccccc45)c3)c3ccccc3-c3ccccc32)cc1.Brc1cccc(C2(c3ccc4c(-c5ccccc5)c5ccccc5c(-c5ccccc5)c4c3)c3ccccc3-c3ccccc32)c1. The molecule has 432 valence electrons. The molecular weight excluding hydrogens is 1240 g/mol. The van der Waals surface area contributed by atoms with Gasteiger partial charge in [0.25, 0.3) is 0 Å². The summed E-state index contributed by atoms with van der Waals surface area (Å²) in [6.07, 6.45) is 0. The van der Waals surface area contributed by atoms with Crippen LogP contribution in [0.25, 0.3) is 110 Å². The van der Waals surface area contributed by atoms with Crippen LogP contribution in [0.3, 0.4) is 0 Å². The van der Waals surface area contributed by atoms with Crippen molar-refractivity contribution in [2.45, 2.75) is 10.8 Å². The van der Waals surface area contributed by atoms with Gasteiger partial charge in [0.2, 0.25) is 0 Å². The molecule has 0 N–H and O–H groups in total. The lowest BCUT2D eigenvalue weighted by Crippen LogP contribution is -2.28. The third-order valence-corrected chi connectivity index (χ3v) is 20.6. The van der Waals surface area contributed by atoms with Crippen LogP contribution in [-0.2, 0) is 10.8 Å².